The van der Waals surface area contributed by atoms with Crippen LogP contribution in [-0.2, 0) is 10.0 Å². The molecule has 0 aromatic heterocycles. The van der Waals surface area contributed by atoms with E-state index < -0.39 is 16.0 Å². The van der Waals surface area contributed by atoms with Gasteiger partial charge in [0, 0.05) is 9.79 Å². The van der Waals surface area contributed by atoms with Crippen molar-refractivity contribution in [2.75, 3.05) is 7.05 Å². The molecule has 0 heterocycles. The number of carboxylic acid groups (broad SMARTS) is 1. The Morgan fingerprint density at radius 3 is 2.24 bits per heavy atom. The number of sulfonamides is 1. The Balaban J connectivity index is 2.49. The zero-order chi connectivity index (χ0) is 15.5. The molecule has 0 fully saturated rings. The molecule has 0 aliphatic heterocycles. The van der Waals surface area contributed by atoms with Crippen molar-refractivity contribution in [3.05, 3.63) is 54.1 Å². The zero-order valence-electron chi connectivity index (χ0n) is 11.1. The Kier molecular flexibility index (Phi) is 4.66. The molecule has 2 aromatic rings. The quantitative estimate of drug-likeness (QED) is 0.883. The normalized spacial score (nSPS) is 11.3. The van der Waals surface area contributed by atoms with Gasteiger partial charge in [0.15, 0.2) is 0 Å². The maximum atomic E-state index is 12.0. The standard InChI is InChI=1S/C14H13NO4S2/c1-15-21(18,19)13-9-5-4-8-12(13)20-11-7-3-2-6-10(11)14(16)17/h2-9,15H,1H3,(H,16,17). The third-order valence-electron chi connectivity index (χ3n) is 2.74. The third kappa shape index (κ3) is 3.44. The lowest BCUT2D eigenvalue weighted by Crippen LogP contribution is -2.19. The van der Waals surface area contributed by atoms with Gasteiger partial charge in [-0.05, 0) is 31.3 Å². The molecule has 5 nitrogen and oxygen atoms in total. The maximum Gasteiger partial charge on any atom is 0.336 e. The minimum atomic E-state index is -3.60. The number of benzene rings is 2. The molecule has 0 saturated heterocycles. The highest BCUT2D eigenvalue weighted by Crippen LogP contribution is 2.34. The summed E-state index contributed by atoms with van der Waals surface area (Å²) in [7, 11) is -2.27. The molecule has 110 valence electrons. The molecule has 0 saturated carbocycles. The fraction of sp³-hybridized carbons (Fsp3) is 0.0714. The minimum absolute atomic E-state index is 0.123. The molecule has 2 rings (SSSR count). The summed E-state index contributed by atoms with van der Waals surface area (Å²) in [6, 6.07) is 12.9. The van der Waals surface area contributed by atoms with E-state index in [4.69, 9.17) is 0 Å². The van der Waals surface area contributed by atoms with E-state index in [1.54, 1.807) is 36.4 Å². The Morgan fingerprint density at radius 2 is 1.62 bits per heavy atom. The summed E-state index contributed by atoms with van der Waals surface area (Å²) in [6.45, 7) is 0. The van der Waals surface area contributed by atoms with Crippen LogP contribution in [-0.4, -0.2) is 26.5 Å². The van der Waals surface area contributed by atoms with Gasteiger partial charge < -0.3 is 5.11 Å². The van der Waals surface area contributed by atoms with E-state index in [2.05, 4.69) is 4.72 Å². The first-order chi connectivity index (χ1) is 9.95. The number of hydrogen-bond donors (Lipinski definition) is 2. The van der Waals surface area contributed by atoms with E-state index in [0.29, 0.717) is 9.79 Å². The maximum absolute atomic E-state index is 12.0. The van der Waals surface area contributed by atoms with Crippen LogP contribution in [0.15, 0.2) is 63.2 Å². The number of carbonyl (C=O) groups is 1. The second-order valence-corrected chi connectivity index (χ2v) is 7.00. The molecule has 0 aliphatic rings. The van der Waals surface area contributed by atoms with Crippen molar-refractivity contribution in [3.63, 3.8) is 0 Å². The van der Waals surface area contributed by atoms with Crippen LogP contribution in [0, 0.1) is 0 Å². The average Bonchev–Trinajstić information content (AvgIpc) is 2.48. The van der Waals surface area contributed by atoms with E-state index in [1.807, 2.05) is 0 Å². The first-order valence-electron chi connectivity index (χ1n) is 5.98. The van der Waals surface area contributed by atoms with Gasteiger partial charge in [0.25, 0.3) is 0 Å². The molecule has 2 aromatic carbocycles. The molecule has 7 heteroatoms. The average molecular weight is 323 g/mol. The minimum Gasteiger partial charge on any atom is -0.478 e. The van der Waals surface area contributed by atoms with Gasteiger partial charge in [-0.25, -0.2) is 17.9 Å². The van der Waals surface area contributed by atoms with E-state index in [1.165, 1.54) is 19.2 Å². The van der Waals surface area contributed by atoms with Crippen LogP contribution in [0.3, 0.4) is 0 Å². The lowest BCUT2D eigenvalue weighted by molar-refractivity contribution is 0.0693. The van der Waals surface area contributed by atoms with Crippen LogP contribution in [0.4, 0.5) is 0 Å². The Morgan fingerprint density at radius 1 is 1.05 bits per heavy atom. The summed E-state index contributed by atoms with van der Waals surface area (Å²) in [4.78, 5) is 12.3. The van der Waals surface area contributed by atoms with Gasteiger partial charge in [0.05, 0.1) is 10.5 Å². The highest BCUT2D eigenvalue weighted by molar-refractivity contribution is 8.00. The zero-order valence-corrected chi connectivity index (χ0v) is 12.7. The lowest BCUT2D eigenvalue weighted by Gasteiger charge is -2.10. The molecule has 0 unspecified atom stereocenters. The molecule has 0 bridgehead atoms. The van der Waals surface area contributed by atoms with Gasteiger partial charge in [-0.1, -0.05) is 36.0 Å². The van der Waals surface area contributed by atoms with Crippen molar-refractivity contribution in [2.45, 2.75) is 14.7 Å². The summed E-state index contributed by atoms with van der Waals surface area (Å²) in [6.07, 6.45) is 0. The van der Waals surface area contributed by atoms with Gasteiger partial charge in [-0.15, -0.1) is 0 Å². The van der Waals surface area contributed by atoms with Crippen LogP contribution in [0.1, 0.15) is 10.4 Å². The third-order valence-corrected chi connectivity index (χ3v) is 5.50. The number of aromatic carboxylic acids is 1. The van der Waals surface area contributed by atoms with Crippen molar-refractivity contribution in [3.8, 4) is 0 Å². The van der Waals surface area contributed by atoms with Crippen molar-refractivity contribution in [1.29, 1.82) is 0 Å². The lowest BCUT2D eigenvalue weighted by atomic mass is 10.2. The molecule has 0 atom stereocenters. The van der Waals surface area contributed by atoms with Crippen LogP contribution < -0.4 is 4.72 Å². The summed E-state index contributed by atoms with van der Waals surface area (Å²) in [5.41, 5.74) is 0.138. The summed E-state index contributed by atoms with van der Waals surface area (Å²) in [5, 5.41) is 9.18. The van der Waals surface area contributed by atoms with Crippen molar-refractivity contribution >= 4 is 27.8 Å². The Bertz CT molecular complexity index is 772. The van der Waals surface area contributed by atoms with Crippen LogP contribution >= 0.6 is 11.8 Å². The predicted octanol–water partition coefficient (Wildman–Crippen LogP) is 2.44. The molecule has 21 heavy (non-hydrogen) atoms. The molecular weight excluding hydrogens is 310 g/mol. The molecule has 0 spiro atoms. The molecule has 2 N–H and O–H groups in total. The van der Waals surface area contributed by atoms with Gasteiger partial charge >= 0.3 is 5.97 Å². The van der Waals surface area contributed by atoms with Crippen LogP contribution in [0.25, 0.3) is 0 Å². The number of rotatable bonds is 5. The van der Waals surface area contributed by atoms with Crippen LogP contribution in [0.5, 0.6) is 0 Å². The van der Waals surface area contributed by atoms with E-state index in [9.17, 15) is 18.3 Å². The number of nitrogens with one attached hydrogen (secondary N) is 1. The second-order valence-electron chi connectivity index (χ2n) is 4.06. The number of carboxylic acids is 1. The molecule has 0 radical (unpaired) electrons. The van der Waals surface area contributed by atoms with E-state index in [0.717, 1.165) is 11.8 Å². The molecule has 0 aliphatic carbocycles. The van der Waals surface area contributed by atoms with Gasteiger partial charge in [0.1, 0.15) is 0 Å². The highest BCUT2D eigenvalue weighted by Gasteiger charge is 2.18. The smallest absolute Gasteiger partial charge is 0.336 e. The fourth-order valence-electron chi connectivity index (χ4n) is 1.72. The highest BCUT2D eigenvalue weighted by atomic mass is 32.2. The molecule has 0 amide bonds. The van der Waals surface area contributed by atoms with Crippen molar-refractivity contribution < 1.29 is 18.3 Å². The van der Waals surface area contributed by atoms with Crippen LogP contribution in [0.2, 0.25) is 0 Å². The SMILES string of the molecule is CNS(=O)(=O)c1ccccc1Sc1ccccc1C(=O)O. The topological polar surface area (TPSA) is 83.5 Å². The van der Waals surface area contributed by atoms with E-state index in [-0.39, 0.29) is 10.5 Å². The van der Waals surface area contributed by atoms with Gasteiger partial charge in [-0.2, -0.15) is 0 Å². The van der Waals surface area contributed by atoms with Gasteiger partial charge in [-0.3, -0.25) is 0 Å². The monoisotopic (exact) mass is 323 g/mol. The van der Waals surface area contributed by atoms with Crippen molar-refractivity contribution in [1.82, 2.24) is 4.72 Å². The Hall–Kier alpha value is -1.83. The summed E-state index contributed by atoms with van der Waals surface area (Å²) < 4.78 is 26.2. The first kappa shape index (κ1) is 15.6. The van der Waals surface area contributed by atoms with Gasteiger partial charge in [0.2, 0.25) is 10.0 Å². The summed E-state index contributed by atoms with van der Waals surface area (Å²) in [5.74, 6) is -1.05. The second kappa shape index (κ2) is 6.30. The Labute approximate surface area is 127 Å². The first-order valence-corrected chi connectivity index (χ1v) is 8.28. The molecular formula is C14H13NO4S2. The van der Waals surface area contributed by atoms with Crippen molar-refractivity contribution in [2.24, 2.45) is 0 Å². The fourth-order valence-corrected chi connectivity index (χ4v) is 3.95. The largest absolute Gasteiger partial charge is 0.478 e. The predicted molar refractivity (Wildman–Crippen MR) is 80.2 cm³/mol. The van der Waals surface area contributed by atoms with E-state index >= 15 is 0 Å². The summed E-state index contributed by atoms with van der Waals surface area (Å²) >= 11 is 1.11. The number of hydrogen-bond acceptors (Lipinski definition) is 4.